The quantitative estimate of drug-likeness (QED) is 0.193. The van der Waals surface area contributed by atoms with Crippen molar-refractivity contribution in [1.29, 1.82) is 0 Å². The summed E-state index contributed by atoms with van der Waals surface area (Å²) in [6.45, 7) is 0. The number of carbonyl (C=O) groups is 4. The van der Waals surface area contributed by atoms with Gasteiger partial charge in [-0.3, -0.25) is 19.2 Å². The first-order chi connectivity index (χ1) is 22.3. The van der Waals surface area contributed by atoms with Crippen LogP contribution in [0.15, 0.2) is 93.8 Å². The standard InChI is InChI=1S/C32H14Cl2N6O6/c33-19-7-1-15(2-8-19)25-35-37-31(45-25)39-27(41)21-11-5-17(13-23(21)29(39)43)18-6-12-22-24(14-18)30(44)40(28(22)42)32-38-36-26(46-32)16-3-9-20(34)10-4-16/h1-14H. The molecule has 0 atom stereocenters. The molecule has 6 aromatic rings. The molecule has 12 nitrogen and oxygen atoms in total. The molecule has 46 heavy (non-hydrogen) atoms. The summed E-state index contributed by atoms with van der Waals surface area (Å²) in [7, 11) is 0. The summed E-state index contributed by atoms with van der Waals surface area (Å²) in [5.41, 5.74) is 2.69. The van der Waals surface area contributed by atoms with E-state index in [-0.39, 0.29) is 46.1 Å². The number of hydrogen-bond acceptors (Lipinski definition) is 10. The number of amides is 4. The molecule has 0 saturated carbocycles. The minimum atomic E-state index is -0.653. The van der Waals surface area contributed by atoms with Gasteiger partial charge in [-0.25, -0.2) is 0 Å². The second-order valence-electron chi connectivity index (χ2n) is 10.2. The molecule has 0 fully saturated rings. The molecule has 8 rings (SSSR count). The summed E-state index contributed by atoms with van der Waals surface area (Å²) in [4.78, 5) is 54.8. The normalized spacial score (nSPS) is 14.0. The molecule has 0 unspecified atom stereocenters. The van der Waals surface area contributed by atoms with Crippen molar-refractivity contribution in [1.82, 2.24) is 20.4 Å². The Morgan fingerprint density at radius 2 is 0.783 bits per heavy atom. The molecule has 4 amide bonds. The molecule has 222 valence electrons. The number of benzene rings is 4. The van der Waals surface area contributed by atoms with E-state index >= 15 is 0 Å². The van der Waals surface area contributed by atoms with Gasteiger partial charge in [-0.15, -0.1) is 10.2 Å². The van der Waals surface area contributed by atoms with Crippen LogP contribution in [0.2, 0.25) is 10.0 Å². The number of anilines is 2. The Labute approximate surface area is 267 Å². The van der Waals surface area contributed by atoms with Gasteiger partial charge in [0.1, 0.15) is 0 Å². The molecular weight excluding hydrogens is 635 g/mol. The smallest absolute Gasteiger partial charge is 0.332 e. The van der Waals surface area contributed by atoms with Crippen LogP contribution in [0.25, 0.3) is 34.0 Å². The summed E-state index contributed by atoms with van der Waals surface area (Å²) < 4.78 is 11.3. The van der Waals surface area contributed by atoms with Crippen LogP contribution in [0.4, 0.5) is 12.0 Å². The van der Waals surface area contributed by atoms with Gasteiger partial charge in [0.2, 0.25) is 11.8 Å². The summed E-state index contributed by atoms with van der Waals surface area (Å²) in [5.74, 6) is -2.34. The zero-order valence-corrected chi connectivity index (χ0v) is 24.5. The number of rotatable bonds is 5. The van der Waals surface area contributed by atoms with E-state index in [1.807, 2.05) is 0 Å². The van der Waals surface area contributed by atoms with E-state index in [4.69, 9.17) is 32.0 Å². The van der Waals surface area contributed by atoms with Gasteiger partial charge in [-0.1, -0.05) is 45.5 Å². The van der Waals surface area contributed by atoms with E-state index in [9.17, 15) is 19.2 Å². The second kappa shape index (κ2) is 10.3. The lowest BCUT2D eigenvalue weighted by molar-refractivity contribution is 0.0902. The maximum atomic E-state index is 13.4. The molecule has 4 aromatic carbocycles. The highest BCUT2D eigenvalue weighted by atomic mass is 35.5. The maximum absolute atomic E-state index is 13.4. The average Bonchev–Trinajstić information content (AvgIpc) is 3.84. The van der Waals surface area contributed by atoms with Gasteiger partial charge in [0.25, 0.3) is 23.6 Å². The van der Waals surface area contributed by atoms with E-state index in [0.29, 0.717) is 32.3 Å². The van der Waals surface area contributed by atoms with Gasteiger partial charge in [0.15, 0.2) is 0 Å². The van der Waals surface area contributed by atoms with Crippen LogP contribution in [0.1, 0.15) is 41.4 Å². The van der Waals surface area contributed by atoms with E-state index in [2.05, 4.69) is 20.4 Å². The van der Waals surface area contributed by atoms with Crippen LogP contribution in [0.3, 0.4) is 0 Å². The summed E-state index contributed by atoms with van der Waals surface area (Å²) >= 11 is 11.9. The predicted octanol–water partition coefficient (Wildman–Crippen LogP) is 6.36. The predicted molar refractivity (Wildman–Crippen MR) is 164 cm³/mol. The Kier molecular flexibility index (Phi) is 6.17. The van der Waals surface area contributed by atoms with Crippen LogP contribution in [0.5, 0.6) is 0 Å². The van der Waals surface area contributed by atoms with Gasteiger partial charge >= 0.3 is 12.0 Å². The van der Waals surface area contributed by atoms with E-state index in [1.165, 1.54) is 24.3 Å². The molecule has 14 heteroatoms. The van der Waals surface area contributed by atoms with Gasteiger partial charge in [0.05, 0.1) is 22.3 Å². The monoisotopic (exact) mass is 648 g/mol. The van der Waals surface area contributed by atoms with Crippen molar-refractivity contribution < 1.29 is 28.0 Å². The lowest BCUT2D eigenvalue weighted by Crippen LogP contribution is -2.29. The van der Waals surface area contributed by atoms with E-state index < -0.39 is 23.6 Å². The minimum absolute atomic E-state index is 0.108. The van der Waals surface area contributed by atoms with Crippen molar-refractivity contribution in [3.8, 4) is 34.0 Å². The first-order valence-corrected chi connectivity index (χ1v) is 14.3. The molecule has 2 aromatic heterocycles. The average molecular weight is 649 g/mol. The third-order valence-electron chi connectivity index (χ3n) is 7.50. The molecule has 2 aliphatic heterocycles. The van der Waals surface area contributed by atoms with Crippen LogP contribution >= 0.6 is 23.2 Å². The highest BCUT2D eigenvalue weighted by molar-refractivity contribution is 6.35. The fourth-order valence-corrected chi connectivity index (χ4v) is 5.47. The molecule has 2 aliphatic rings. The first kappa shape index (κ1) is 27.6. The number of hydrogen-bond donors (Lipinski definition) is 0. The largest absolute Gasteiger partial charge is 0.403 e. The zero-order chi connectivity index (χ0) is 31.7. The molecule has 0 N–H and O–H groups in total. The molecule has 0 radical (unpaired) electrons. The number of carbonyl (C=O) groups excluding carboxylic acids is 4. The van der Waals surface area contributed by atoms with Gasteiger partial charge in [-0.2, -0.15) is 9.80 Å². The second-order valence-corrected chi connectivity index (χ2v) is 11.1. The van der Waals surface area contributed by atoms with Crippen molar-refractivity contribution in [2.24, 2.45) is 0 Å². The Balaban J connectivity index is 1.07. The zero-order valence-electron chi connectivity index (χ0n) is 23.0. The molecule has 0 bridgehead atoms. The minimum Gasteiger partial charge on any atom is -0.403 e. The van der Waals surface area contributed by atoms with Crippen molar-refractivity contribution in [3.05, 3.63) is 117 Å². The Morgan fingerprint density at radius 1 is 0.435 bits per heavy atom. The number of fused-ring (bicyclic) bond motifs is 2. The fraction of sp³-hybridized carbons (Fsp3) is 0. The Hall–Kier alpha value is -5.98. The lowest BCUT2D eigenvalue weighted by atomic mass is 9.97. The van der Waals surface area contributed by atoms with Crippen LogP contribution in [0, 0.1) is 0 Å². The van der Waals surface area contributed by atoms with Crippen molar-refractivity contribution >= 4 is 58.9 Å². The molecule has 0 spiro atoms. The van der Waals surface area contributed by atoms with Crippen molar-refractivity contribution in [2.75, 3.05) is 9.80 Å². The fourth-order valence-electron chi connectivity index (χ4n) is 5.22. The number of imide groups is 2. The van der Waals surface area contributed by atoms with Gasteiger partial charge in [-0.05, 0) is 83.9 Å². The summed E-state index contributed by atoms with van der Waals surface area (Å²) in [6.07, 6.45) is 0. The maximum Gasteiger partial charge on any atom is 0.332 e. The van der Waals surface area contributed by atoms with Crippen molar-refractivity contribution in [2.45, 2.75) is 0 Å². The molecule has 0 saturated heterocycles. The Morgan fingerprint density at radius 3 is 1.17 bits per heavy atom. The van der Waals surface area contributed by atoms with E-state index in [1.54, 1.807) is 60.7 Å². The SMILES string of the molecule is O=C1c2ccc(-c3ccc4c(c3)C(=O)N(c3nnc(-c5ccc(Cl)cc5)o3)C4=O)cc2C(=O)N1c1nnc(-c2ccc(Cl)cc2)o1. The van der Waals surface area contributed by atoms with Crippen LogP contribution < -0.4 is 9.80 Å². The number of halogens is 2. The first-order valence-electron chi connectivity index (χ1n) is 13.5. The van der Waals surface area contributed by atoms with Crippen LogP contribution in [-0.4, -0.2) is 44.0 Å². The highest BCUT2D eigenvalue weighted by Crippen LogP contribution is 2.36. The molecule has 0 aliphatic carbocycles. The lowest BCUT2D eigenvalue weighted by Gasteiger charge is -2.07. The third kappa shape index (κ3) is 4.30. The van der Waals surface area contributed by atoms with Crippen LogP contribution in [-0.2, 0) is 0 Å². The summed E-state index contributed by atoms with van der Waals surface area (Å²) in [6, 6.07) is 22.1. The third-order valence-corrected chi connectivity index (χ3v) is 8.00. The van der Waals surface area contributed by atoms with E-state index in [0.717, 1.165) is 9.80 Å². The summed E-state index contributed by atoms with van der Waals surface area (Å²) in [5, 5.41) is 16.8. The molecule has 4 heterocycles. The topological polar surface area (TPSA) is 153 Å². The van der Waals surface area contributed by atoms with Gasteiger partial charge in [0, 0.05) is 21.2 Å². The Bertz CT molecular complexity index is 2120. The number of nitrogens with zero attached hydrogens (tertiary/aromatic N) is 6. The van der Waals surface area contributed by atoms with Crippen molar-refractivity contribution in [3.63, 3.8) is 0 Å². The molecular formula is C32H14Cl2N6O6. The number of aromatic nitrogens is 4. The van der Waals surface area contributed by atoms with Gasteiger partial charge < -0.3 is 8.83 Å². The highest BCUT2D eigenvalue weighted by Gasteiger charge is 2.42.